The summed E-state index contributed by atoms with van der Waals surface area (Å²) in [6.07, 6.45) is 10.8. The van der Waals surface area contributed by atoms with Crippen molar-refractivity contribution in [2.75, 3.05) is 6.54 Å². The Labute approximate surface area is 225 Å². The molecule has 0 aliphatic heterocycles. The van der Waals surface area contributed by atoms with Crippen molar-refractivity contribution in [3.05, 3.63) is 138 Å². The minimum atomic E-state index is -1.02. The molecule has 0 amide bonds. The molecule has 2 unspecified atom stereocenters. The lowest BCUT2D eigenvalue weighted by Crippen LogP contribution is -2.39. The van der Waals surface area contributed by atoms with E-state index in [1.165, 1.54) is 36.4 Å². The average molecular weight is 527 g/mol. The zero-order valence-electron chi connectivity index (χ0n) is 21.3. The van der Waals surface area contributed by atoms with Gasteiger partial charge < -0.3 is 4.84 Å². The molecule has 6 nitrogen and oxygen atoms in total. The summed E-state index contributed by atoms with van der Waals surface area (Å²) in [6, 6.07) is 21.4. The topological polar surface area (TPSA) is 71.7 Å². The number of aromatic nitrogens is 2. The zero-order chi connectivity index (χ0) is 27.2. The highest BCUT2D eigenvalue weighted by Gasteiger charge is 2.32. The van der Waals surface area contributed by atoms with Crippen molar-refractivity contribution in [3.63, 3.8) is 0 Å². The second-order valence-electron chi connectivity index (χ2n) is 9.45. The van der Waals surface area contributed by atoms with Crippen LogP contribution in [0.2, 0.25) is 0 Å². The lowest BCUT2D eigenvalue weighted by molar-refractivity contribution is -0.0373. The van der Waals surface area contributed by atoms with Gasteiger partial charge in [0, 0.05) is 17.0 Å². The molecule has 8 heteroatoms. The molecule has 0 spiro atoms. The van der Waals surface area contributed by atoms with Crippen LogP contribution in [-0.4, -0.2) is 27.3 Å². The quantitative estimate of drug-likeness (QED) is 0.163. The maximum atomic E-state index is 13.7. The van der Waals surface area contributed by atoms with Gasteiger partial charge in [0.2, 0.25) is 0 Å². The van der Waals surface area contributed by atoms with Crippen molar-refractivity contribution in [2.24, 2.45) is 4.99 Å². The van der Waals surface area contributed by atoms with Gasteiger partial charge in [0.15, 0.2) is 17.3 Å². The van der Waals surface area contributed by atoms with Crippen LogP contribution in [0.4, 0.5) is 8.78 Å². The molecule has 3 aromatic carbocycles. The van der Waals surface area contributed by atoms with Crippen LogP contribution in [0.1, 0.15) is 36.1 Å². The minimum Gasteiger partial charge on any atom is -0.399 e. The number of nitrogens with one attached hydrogen (secondary N) is 1. The largest absolute Gasteiger partial charge is 0.399 e. The highest BCUT2D eigenvalue weighted by Crippen LogP contribution is 2.30. The third-order valence-corrected chi connectivity index (χ3v) is 6.60. The molecule has 0 radical (unpaired) electrons. The zero-order valence-corrected chi connectivity index (χ0v) is 21.3. The molecule has 4 aromatic rings. The van der Waals surface area contributed by atoms with Crippen LogP contribution in [0.5, 0.6) is 0 Å². The number of imidazole rings is 1. The SMILES string of the molecule is CC(CN=C(NO)c1ccc(F)cc1)(On1cc(C2C=CC=CC2)nc1-c1ccc(F)cc1)c1ccccc1. The fraction of sp³-hybridized carbons (Fsp3) is 0.161. The molecule has 1 aromatic heterocycles. The van der Waals surface area contributed by atoms with Gasteiger partial charge in [0.25, 0.3) is 0 Å². The molecule has 1 aliphatic rings. The average Bonchev–Trinajstić information content (AvgIpc) is 3.39. The monoisotopic (exact) mass is 526 g/mol. The van der Waals surface area contributed by atoms with E-state index in [1.54, 1.807) is 16.9 Å². The third-order valence-electron chi connectivity index (χ3n) is 6.60. The van der Waals surface area contributed by atoms with Crippen LogP contribution >= 0.6 is 0 Å². The first-order valence-corrected chi connectivity index (χ1v) is 12.6. The van der Waals surface area contributed by atoms with Crippen molar-refractivity contribution in [1.29, 1.82) is 0 Å². The fourth-order valence-corrected chi connectivity index (χ4v) is 4.43. The lowest BCUT2D eigenvalue weighted by Gasteiger charge is -2.30. The van der Waals surface area contributed by atoms with Gasteiger partial charge in [-0.2, -0.15) is 4.73 Å². The summed E-state index contributed by atoms with van der Waals surface area (Å²) in [5.74, 6) is 0.0412. The molecule has 0 bridgehead atoms. The molecule has 39 heavy (non-hydrogen) atoms. The Morgan fingerprint density at radius 1 is 1.03 bits per heavy atom. The van der Waals surface area contributed by atoms with Gasteiger partial charge in [0.05, 0.1) is 18.4 Å². The van der Waals surface area contributed by atoms with Gasteiger partial charge in [-0.1, -0.05) is 54.6 Å². The van der Waals surface area contributed by atoms with E-state index in [2.05, 4.69) is 22.6 Å². The van der Waals surface area contributed by atoms with E-state index in [1.807, 2.05) is 55.6 Å². The smallest absolute Gasteiger partial charge is 0.177 e. The Kier molecular flexibility index (Phi) is 7.65. The van der Waals surface area contributed by atoms with Crippen LogP contribution in [-0.2, 0) is 5.60 Å². The van der Waals surface area contributed by atoms with Crippen molar-refractivity contribution in [3.8, 4) is 11.4 Å². The lowest BCUT2D eigenvalue weighted by atomic mass is 9.96. The molecular weight excluding hydrogens is 498 g/mol. The number of hydroxylamine groups is 1. The van der Waals surface area contributed by atoms with Gasteiger partial charge in [-0.05, 0) is 67.4 Å². The molecule has 0 saturated heterocycles. The number of aliphatic imine (C=N–C) groups is 1. The molecule has 1 aliphatic carbocycles. The molecule has 198 valence electrons. The van der Waals surface area contributed by atoms with Crippen LogP contribution in [0.3, 0.4) is 0 Å². The number of amidine groups is 1. The number of halogens is 2. The van der Waals surface area contributed by atoms with E-state index in [4.69, 9.17) is 9.82 Å². The summed E-state index contributed by atoms with van der Waals surface area (Å²) in [5, 5.41) is 9.80. The molecule has 2 N–H and O–H groups in total. The summed E-state index contributed by atoms with van der Waals surface area (Å²) in [5.41, 5.74) is 3.97. The number of rotatable bonds is 8. The number of hydrogen-bond donors (Lipinski definition) is 2. The van der Waals surface area contributed by atoms with E-state index in [-0.39, 0.29) is 29.9 Å². The Balaban J connectivity index is 1.55. The maximum Gasteiger partial charge on any atom is 0.177 e. The van der Waals surface area contributed by atoms with E-state index in [0.29, 0.717) is 17.0 Å². The van der Waals surface area contributed by atoms with Crippen molar-refractivity contribution in [2.45, 2.75) is 24.9 Å². The standard InChI is InChI=1S/C31H28F2N4O2/c1-31(25-10-6-3-7-11-25,21-34-29(36-38)23-12-16-26(32)17-13-23)39-37-20-28(22-8-4-2-5-9-22)35-30(37)24-14-18-27(33)19-15-24/h2-8,10-20,22,38H,9,21H2,1H3,(H,34,36). The van der Waals surface area contributed by atoms with Crippen LogP contribution in [0.15, 0.2) is 114 Å². The van der Waals surface area contributed by atoms with E-state index >= 15 is 0 Å². The summed E-state index contributed by atoms with van der Waals surface area (Å²) >= 11 is 0. The molecule has 2 atom stereocenters. The number of allylic oxidation sites excluding steroid dienone is 4. The summed E-state index contributed by atoms with van der Waals surface area (Å²) < 4.78 is 28.8. The molecule has 5 rings (SSSR count). The molecule has 1 heterocycles. The van der Waals surface area contributed by atoms with Crippen molar-refractivity contribution < 1.29 is 18.8 Å². The van der Waals surface area contributed by atoms with Gasteiger partial charge in [0.1, 0.15) is 11.6 Å². The summed E-state index contributed by atoms with van der Waals surface area (Å²) in [4.78, 5) is 16.2. The first-order valence-electron chi connectivity index (χ1n) is 12.6. The van der Waals surface area contributed by atoms with Crippen LogP contribution < -0.4 is 10.3 Å². The summed E-state index contributed by atoms with van der Waals surface area (Å²) in [7, 11) is 0. The number of nitrogens with zero attached hydrogens (tertiary/aromatic N) is 3. The van der Waals surface area contributed by atoms with Gasteiger partial charge in [-0.25, -0.2) is 13.8 Å². The Morgan fingerprint density at radius 3 is 2.36 bits per heavy atom. The molecular formula is C31H28F2N4O2. The summed E-state index contributed by atoms with van der Waals surface area (Å²) in [6.45, 7) is 1.99. The van der Waals surface area contributed by atoms with Crippen molar-refractivity contribution >= 4 is 5.84 Å². The predicted octanol–water partition coefficient (Wildman–Crippen LogP) is 6.20. The van der Waals surface area contributed by atoms with E-state index in [0.717, 1.165) is 17.7 Å². The molecule has 0 saturated carbocycles. The molecule has 0 fully saturated rings. The first-order chi connectivity index (χ1) is 18.9. The minimum absolute atomic E-state index is 0.0729. The Bertz CT molecular complexity index is 1500. The van der Waals surface area contributed by atoms with E-state index < -0.39 is 5.60 Å². The predicted molar refractivity (Wildman–Crippen MR) is 146 cm³/mol. The van der Waals surface area contributed by atoms with Crippen LogP contribution in [0, 0.1) is 11.6 Å². The second-order valence-corrected chi connectivity index (χ2v) is 9.45. The number of benzene rings is 3. The normalized spacial score (nSPS) is 16.6. The number of hydrogen-bond acceptors (Lipinski definition) is 4. The third kappa shape index (κ3) is 5.97. The maximum absolute atomic E-state index is 13.7. The van der Waals surface area contributed by atoms with Gasteiger partial charge in [-0.15, -0.1) is 0 Å². The van der Waals surface area contributed by atoms with Crippen LogP contribution in [0.25, 0.3) is 11.4 Å². The van der Waals surface area contributed by atoms with Crippen molar-refractivity contribution in [1.82, 2.24) is 15.2 Å². The first kappa shape index (κ1) is 26.1. The van der Waals surface area contributed by atoms with E-state index in [9.17, 15) is 14.0 Å². The van der Waals surface area contributed by atoms with Gasteiger partial charge >= 0.3 is 0 Å². The highest BCUT2D eigenvalue weighted by atomic mass is 19.1. The Hall–Kier alpha value is -4.56. The van der Waals surface area contributed by atoms with Gasteiger partial charge in [-0.3, -0.25) is 15.7 Å². The second kappa shape index (κ2) is 11.4. The Morgan fingerprint density at radius 2 is 1.72 bits per heavy atom. The highest BCUT2D eigenvalue weighted by molar-refractivity contribution is 5.97. The fourth-order valence-electron chi connectivity index (χ4n) is 4.43.